The molecule has 0 aliphatic rings. The maximum absolute atomic E-state index is 11.4. The molecule has 0 aliphatic heterocycles. The third-order valence-electron chi connectivity index (χ3n) is 3.58. The highest BCUT2D eigenvalue weighted by Crippen LogP contribution is 2.18. The smallest absolute Gasteiger partial charge is 0.310 e. The Morgan fingerprint density at radius 3 is 2.65 bits per heavy atom. The second kappa shape index (κ2) is 9.71. The SMILES string of the molecule is CN=C(NCCc1ccc(C)c(OC)c1)NCC(C)C(=O)OC. The number of carbonyl (C=O) groups excluding carboxylic acids is 1. The molecule has 0 radical (unpaired) electrons. The molecule has 1 aromatic carbocycles. The zero-order chi connectivity index (χ0) is 17.2. The zero-order valence-electron chi connectivity index (χ0n) is 14.6. The summed E-state index contributed by atoms with van der Waals surface area (Å²) in [6.45, 7) is 5.04. The van der Waals surface area contributed by atoms with Crippen molar-refractivity contribution >= 4 is 11.9 Å². The fraction of sp³-hybridized carbons (Fsp3) is 0.529. The van der Waals surface area contributed by atoms with Crippen LogP contribution in [0.2, 0.25) is 0 Å². The van der Waals surface area contributed by atoms with Crippen LogP contribution < -0.4 is 15.4 Å². The molecule has 6 heteroatoms. The highest BCUT2D eigenvalue weighted by Gasteiger charge is 2.13. The highest BCUT2D eigenvalue weighted by molar-refractivity contribution is 5.80. The molecule has 0 amide bonds. The molecule has 0 saturated heterocycles. The Balaban J connectivity index is 2.42. The van der Waals surface area contributed by atoms with Gasteiger partial charge in [-0.05, 0) is 30.5 Å². The van der Waals surface area contributed by atoms with Crippen LogP contribution >= 0.6 is 0 Å². The van der Waals surface area contributed by atoms with Crippen molar-refractivity contribution in [3.8, 4) is 5.75 Å². The zero-order valence-corrected chi connectivity index (χ0v) is 14.6. The second-order valence-corrected chi connectivity index (χ2v) is 5.36. The number of benzene rings is 1. The molecule has 0 heterocycles. The van der Waals surface area contributed by atoms with E-state index in [9.17, 15) is 4.79 Å². The molecule has 23 heavy (non-hydrogen) atoms. The lowest BCUT2D eigenvalue weighted by molar-refractivity contribution is -0.144. The van der Waals surface area contributed by atoms with Crippen molar-refractivity contribution < 1.29 is 14.3 Å². The minimum Gasteiger partial charge on any atom is -0.496 e. The Hall–Kier alpha value is -2.24. The van der Waals surface area contributed by atoms with E-state index in [1.807, 2.05) is 19.9 Å². The molecular formula is C17H27N3O3. The van der Waals surface area contributed by atoms with E-state index in [4.69, 9.17) is 9.47 Å². The van der Waals surface area contributed by atoms with Crippen LogP contribution in [0.3, 0.4) is 0 Å². The maximum atomic E-state index is 11.4. The van der Waals surface area contributed by atoms with Gasteiger partial charge in [0, 0.05) is 20.1 Å². The Bertz CT molecular complexity index is 544. The van der Waals surface area contributed by atoms with Gasteiger partial charge in [-0.2, -0.15) is 0 Å². The number of nitrogens with one attached hydrogen (secondary N) is 2. The summed E-state index contributed by atoms with van der Waals surface area (Å²) in [6, 6.07) is 6.20. The van der Waals surface area contributed by atoms with Gasteiger partial charge in [0.1, 0.15) is 5.75 Å². The molecule has 1 atom stereocenters. The van der Waals surface area contributed by atoms with Gasteiger partial charge in [0.15, 0.2) is 5.96 Å². The van der Waals surface area contributed by atoms with E-state index in [0.717, 1.165) is 24.3 Å². The summed E-state index contributed by atoms with van der Waals surface area (Å²) >= 11 is 0. The number of rotatable bonds is 7. The minimum atomic E-state index is -0.236. The van der Waals surface area contributed by atoms with E-state index in [0.29, 0.717) is 12.5 Å². The van der Waals surface area contributed by atoms with E-state index in [-0.39, 0.29) is 11.9 Å². The van der Waals surface area contributed by atoms with Crippen LogP contribution in [0.15, 0.2) is 23.2 Å². The fourth-order valence-electron chi connectivity index (χ4n) is 2.10. The van der Waals surface area contributed by atoms with Gasteiger partial charge < -0.3 is 20.1 Å². The number of methoxy groups -OCH3 is 2. The monoisotopic (exact) mass is 321 g/mol. The highest BCUT2D eigenvalue weighted by atomic mass is 16.5. The van der Waals surface area contributed by atoms with Crippen molar-refractivity contribution in [3.05, 3.63) is 29.3 Å². The van der Waals surface area contributed by atoms with Crippen LogP contribution in [0.5, 0.6) is 5.75 Å². The third kappa shape index (κ3) is 6.18. The van der Waals surface area contributed by atoms with Crippen molar-refractivity contribution in [2.75, 3.05) is 34.4 Å². The molecule has 2 N–H and O–H groups in total. The van der Waals surface area contributed by atoms with E-state index < -0.39 is 0 Å². The van der Waals surface area contributed by atoms with Crippen LogP contribution in [0.4, 0.5) is 0 Å². The molecule has 1 rings (SSSR count). The van der Waals surface area contributed by atoms with E-state index in [1.54, 1.807) is 14.2 Å². The molecule has 1 aromatic rings. The summed E-state index contributed by atoms with van der Waals surface area (Å²) in [5.74, 6) is 1.11. The van der Waals surface area contributed by atoms with Crippen molar-refractivity contribution in [1.29, 1.82) is 0 Å². The van der Waals surface area contributed by atoms with Crippen molar-refractivity contribution in [2.45, 2.75) is 20.3 Å². The average Bonchev–Trinajstić information content (AvgIpc) is 2.58. The number of ether oxygens (including phenoxy) is 2. The number of hydrogen-bond acceptors (Lipinski definition) is 4. The van der Waals surface area contributed by atoms with Crippen molar-refractivity contribution in [1.82, 2.24) is 10.6 Å². The first kappa shape index (κ1) is 18.8. The number of nitrogens with zero attached hydrogens (tertiary/aromatic N) is 1. The summed E-state index contributed by atoms with van der Waals surface area (Å²) in [7, 11) is 4.77. The molecular weight excluding hydrogens is 294 g/mol. The van der Waals surface area contributed by atoms with Gasteiger partial charge in [-0.15, -0.1) is 0 Å². The van der Waals surface area contributed by atoms with Gasteiger partial charge in [-0.3, -0.25) is 9.79 Å². The van der Waals surface area contributed by atoms with Gasteiger partial charge in [-0.25, -0.2) is 0 Å². The lowest BCUT2D eigenvalue weighted by Gasteiger charge is -2.15. The van der Waals surface area contributed by atoms with Crippen LogP contribution in [-0.2, 0) is 16.0 Å². The van der Waals surface area contributed by atoms with Crippen LogP contribution in [0, 0.1) is 12.8 Å². The van der Waals surface area contributed by atoms with Gasteiger partial charge >= 0.3 is 5.97 Å². The summed E-state index contributed by atoms with van der Waals surface area (Å²) in [6.07, 6.45) is 0.851. The number of esters is 1. The Kier molecular flexibility index (Phi) is 7.94. The molecule has 0 saturated carbocycles. The van der Waals surface area contributed by atoms with Crippen LogP contribution in [0.25, 0.3) is 0 Å². The first-order valence-corrected chi connectivity index (χ1v) is 7.67. The second-order valence-electron chi connectivity index (χ2n) is 5.36. The standard InChI is InChI=1S/C17H27N3O3/c1-12-6-7-14(10-15(12)22-4)8-9-19-17(18-3)20-11-13(2)16(21)23-5/h6-7,10,13H,8-9,11H2,1-5H3,(H2,18,19,20). The molecule has 0 fully saturated rings. The number of guanidine groups is 1. The quantitative estimate of drug-likeness (QED) is 0.453. The number of aryl methyl sites for hydroxylation is 1. The van der Waals surface area contributed by atoms with E-state index >= 15 is 0 Å². The lowest BCUT2D eigenvalue weighted by atomic mass is 10.1. The number of carbonyl (C=O) groups is 1. The van der Waals surface area contributed by atoms with Gasteiger partial charge in [-0.1, -0.05) is 19.1 Å². The Morgan fingerprint density at radius 1 is 1.30 bits per heavy atom. The van der Waals surface area contributed by atoms with Gasteiger partial charge in [0.05, 0.1) is 20.1 Å². The lowest BCUT2D eigenvalue weighted by Crippen LogP contribution is -2.41. The topological polar surface area (TPSA) is 72.0 Å². The normalized spacial score (nSPS) is 12.5. The van der Waals surface area contributed by atoms with Gasteiger partial charge in [0.25, 0.3) is 0 Å². The van der Waals surface area contributed by atoms with Gasteiger partial charge in [0.2, 0.25) is 0 Å². The van der Waals surface area contributed by atoms with E-state index in [1.165, 1.54) is 12.7 Å². The predicted molar refractivity (Wildman–Crippen MR) is 92.0 cm³/mol. The first-order valence-electron chi connectivity index (χ1n) is 7.67. The maximum Gasteiger partial charge on any atom is 0.310 e. The van der Waals surface area contributed by atoms with Crippen molar-refractivity contribution in [2.24, 2.45) is 10.9 Å². The largest absolute Gasteiger partial charge is 0.496 e. The van der Waals surface area contributed by atoms with E-state index in [2.05, 4.69) is 27.8 Å². The summed E-state index contributed by atoms with van der Waals surface area (Å²) in [5.41, 5.74) is 2.32. The fourth-order valence-corrected chi connectivity index (χ4v) is 2.10. The number of aliphatic imine (C=N–C) groups is 1. The third-order valence-corrected chi connectivity index (χ3v) is 3.58. The molecule has 0 spiro atoms. The molecule has 6 nitrogen and oxygen atoms in total. The van der Waals surface area contributed by atoms with Crippen LogP contribution in [-0.4, -0.2) is 46.3 Å². The number of hydrogen-bond donors (Lipinski definition) is 2. The molecule has 0 aliphatic carbocycles. The molecule has 0 bridgehead atoms. The van der Waals surface area contributed by atoms with Crippen molar-refractivity contribution in [3.63, 3.8) is 0 Å². The Morgan fingerprint density at radius 2 is 2.04 bits per heavy atom. The summed E-state index contributed by atoms with van der Waals surface area (Å²) < 4.78 is 10.0. The van der Waals surface area contributed by atoms with Crippen LogP contribution in [0.1, 0.15) is 18.1 Å². The molecule has 128 valence electrons. The summed E-state index contributed by atoms with van der Waals surface area (Å²) in [4.78, 5) is 15.5. The minimum absolute atomic E-state index is 0.222. The molecule has 0 aromatic heterocycles. The first-order chi connectivity index (χ1) is 11.0. The predicted octanol–water partition coefficient (Wildman–Crippen LogP) is 1.52. The Labute approximate surface area is 138 Å². The molecule has 1 unspecified atom stereocenters. The summed E-state index contributed by atoms with van der Waals surface area (Å²) in [5, 5.41) is 6.34. The average molecular weight is 321 g/mol.